The number of phosphoric ester groups is 1. The molecule has 0 aromatic carbocycles. The second-order valence-corrected chi connectivity index (χ2v) is 17.8. The fourth-order valence-corrected chi connectivity index (χ4v) is 7.98. The number of phosphoric acid groups is 1. The molecule has 0 aromatic rings. The van der Waals surface area contributed by atoms with Crippen LogP contribution in [0.15, 0.2) is 12.2 Å². The minimum absolute atomic E-state index is 0.0811. The number of ether oxygens (including phenoxy) is 2. The van der Waals surface area contributed by atoms with Gasteiger partial charge in [-0.2, -0.15) is 0 Å². The predicted molar refractivity (Wildman–Crippen MR) is 223 cm³/mol. The highest BCUT2D eigenvalue weighted by molar-refractivity contribution is 7.46. The van der Waals surface area contributed by atoms with Gasteiger partial charge in [0.1, 0.15) is 6.61 Å². The van der Waals surface area contributed by atoms with Crippen molar-refractivity contribution in [3.05, 3.63) is 12.2 Å². The highest BCUT2D eigenvalue weighted by atomic mass is 31.2. The zero-order valence-corrected chi connectivity index (χ0v) is 36.4. The maximum Gasteiger partial charge on any atom is 0.469 e. The summed E-state index contributed by atoms with van der Waals surface area (Å²) >= 11 is 0. The number of hydrogen-bond donors (Lipinski definition) is 5. The van der Waals surface area contributed by atoms with Gasteiger partial charge in [-0.1, -0.05) is 168 Å². The smallest absolute Gasteiger partial charge is 0.462 e. The van der Waals surface area contributed by atoms with Crippen molar-refractivity contribution in [1.82, 2.24) is 0 Å². The van der Waals surface area contributed by atoms with Crippen molar-refractivity contribution in [3.63, 3.8) is 0 Å². The molecule has 56 heavy (non-hydrogen) atoms. The molecule has 1 saturated carbocycles. The summed E-state index contributed by atoms with van der Waals surface area (Å²) in [4.78, 5) is 43.2. The number of unbranched alkanes of at least 4 members (excludes halogenated alkanes) is 18. The van der Waals surface area contributed by atoms with E-state index in [-0.39, 0.29) is 31.3 Å². The highest BCUT2D eigenvalue weighted by Crippen LogP contribution is 2.38. The Hall–Kier alpha value is -1.33. The van der Waals surface area contributed by atoms with Crippen LogP contribution in [-0.2, 0) is 28.2 Å². The quantitative estimate of drug-likeness (QED) is 0.0174. The number of aliphatic hydroxyl groups excluding tert-OH is 3. The summed E-state index contributed by atoms with van der Waals surface area (Å²) in [6.07, 6.45) is 28.5. The molecule has 0 heterocycles. The number of hydrogen-bond acceptors (Lipinski definition) is 9. The van der Waals surface area contributed by atoms with Crippen LogP contribution in [0.1, 0.15) is 201 Å². The Bertz CT molecular complexity index is 1050. The topological polar surface area (TPSA) is 180 Å². The van der Waals surface area contributed by atoms with E-state index in [0.717, 1.165) is 70.1 Å². The average Bonchev–Trinajstić information content (AvgIpc) is 3.43. The molecule has 330 valence electrons. The van der Waals surface area contributed by atoms with E-state index in [1.54, 1.807) is 6.08 Å². The minimum atomic E-state index is -4.81. The predicted octanol–water partition coefficient (Wildman–Crippen LogP) is 10.0. The third kappa shape index (κ3) is 29.0. The summed E-state index contributed by atoms with van der Waals surface area (Å²) in [6, 6.07) is 0. The van der Waals surface area contributed by atoms with Crippen molar-refractivity contribution in [2.24, 2.45) is 17.8 Å². The monoisotopic (exact) mass is 819 g/mol. The Balaban J connectivity index is 2.21. The lowest BCUT2D eigenvalue weighted by atomic mass is 9.88. The van der Waals surface area contributed by atoms with E-state index in [4.69, 9.17) is 19.3 Å². The first-order valence-corrected chi connectivity index (χ1v) is 24.2. The van der Waals surface area contributed by atoms with Crippen LogP contribution in [0.4, 0.5) is 0 Å². The van der Waals surface area contributed by atoms with Gasteiger partial charge in [0.2, 0.25) is 0 Å². The molecule has 12 heteroatoms. The van der Waals surface area contributed by atoms with Crippen LogP contribution < -0.4 is 0 Å². The highest BCUT2D eigenvalue weighted by Gasteiger charge is 2.39. The molecule has 7 atom stereocenters. The molecular weight excluding hydrogens is 735 g/mol. The summed E-state index contributed by atoms with van der Waals surface area (Å²) in [5.74, 6) is -0.421. The van der Waals surface area contributed by atoms with Crippen molar-refractivity contribution >= 4 is 19.8 Å². The first-order chi connectivity index (χ1) is 26.9. The van der Waals surface area contributed by atoms with E-state index in [0.29, 0.717) is 25.7 Å². The third-order valence-corrected chi connectivity index (χ3v) is 11.9. The SMILES string of the molecule is CCCCC[C@H](O)/C=C/[C@@H]1[C@@H](CCCCCCC(=O)OC[C@H](COP(=O)(O)O)OC(=O)CCCCCCCCCCCCCCCCC(C)CC)[C@@H](O)C[C@H]1O. The number of carbonyl (C=O) groups is 2. The lowest BCUT2D eigenvalue weighted by Gasteiger charge is -2.21. The van der Waals surface area contributed by atoms with Gasteiger partial charge in [0.15, 0.2) is 6.10 Å². The van der Waals surface area contributed by atoms with Crippen LogP contribution in [0.25, 0.3) is 0 Å². The molecule has 0 amide bonds. The van der Waals surface area contributed by atoms with E-state index >= 15 is 0 Å². The molecule has 0 saturated heterocycles. The summed E-state index contributed by atoms with van der Waals surface area (Å²) in [5.41, 5.74) is 0. The van der Waals surface area contributed by atoms with Gasteiger partial charge in [0.05, 0.1) is 24.9 Å². The van der Waals surface area contributed by atoms with Gasteiger partial charge in [-0.3, -0.25) is 14.1 Å². The summed E-state index contributed by atoms with van der Waals surface area (Å²) in [7, 11) is -4.81. The number of rotatable bonds is 37. The Kier molecular flexibility index (Phi) is 31.5. The molecule has 11 nitrogen and oxygen atoms in total. The van der Waals surface area contributed by atoms with Crippen LogP contribution in [0.3, 0.4) is 0 Å². The molecule has 1 unspecified atom stereocenters. The Morgan fingerprint density at radius 1 is 0.696 bits per heavy atom. The van der Waals surface area contributed by atoms with E-state index < -0.39 is 50.8 Å². The summed E-state index contributed by atoms with van der Waals surface area (Å²) in [5, 5.41) is 31.3. The number of carbonyl (C=O) groups excluding carboxylic acids is 2. The largest absolute Gasteiger partial charge is 0.469 e. The van der Waals surface area contributed by atoms with Crippen molar-refractivity contribution in [2.75, 3.05) is 13.2 Å². The van der Waals surface area contributed by atoms with Crippen molar-refractivity contribution in [2.45, 2.75) is 225 Å². The van der Waals surface area contributed by atoms with Crippen molar-refractivity contribution in [1.29, 1.82) is 0 Å². The normalized spacial score (nSPS) is 20.4. The summed E-state index contributed by atoms with van der Waals surface area (Å²) in [6.45, 7) is 5.80. The van der Waals surface area contributed by atoms with Gasteiger partial charge < -0.3 is 34.6 Å². The van der Waals surface area contributed by atoms with Crippen LogP contribution in [-0.4, -0.2) is 74.7 Å². The lowest BCUT2D eigenvalue weighted by Crippen LogP contribution is -2.29. The molecule has 0 aromatic heterocycles. The molecule has 0 spiro atoms. The zero-order valence-electron chi connectivity index (χ0n) is 35.5. The molecule has 1 rings (SSSR count). The van der Waals surface area contributed by atoms with Crippen LogP contribution in [0.5, 0.6) is 0 Å². The van der Waals surface area contributed by atoms with Gasteiger partial charge in [-0.05, 0) is 37.5 Å². The first kappa shape index (κ1) is 52.7. The van der Waals surface area contributed by atoms with E-state index in [1.165, 1.54) is 77.0 Å². The standard InChI is InChI=1S/C44H83O11P/c1-4-6-21-27-37(45)31-32-40-39(41(46)33-42(40)47)28-23-19-20-24-29-43(48)53-34-38(35-54-56(50,51)52)55-44(49)30-25-18-16-14-12-10-8-7-9-11-13-15-17-22-26-36(3)5-2/h31-32,36-42,45-47H,4-30,33-35H2,1-3H3,(H2,50,51,52)/b32-31+/t36?,37-,38+,39+,40+,41-,42+/m0/s1. The Labute approximate surface area is 340 Å². The molecule has 1 aliphatic rings. The van der Waals surface area contributed by atoms with Crippen molar-refractivity contribution < 1.29 is 53.3 Å². The first-order valence-electron chi connectivity index (χ1n) is 22.6. The lowest BCUT2D eigenvalue weighted by molar-refractivity contribution is -0.161. The van der Waals surface area contributed by atoms with E-state index in [1.807, 2.05) is 6.08 Å². The second kappa shape index (κ2) is 33.5. The van der Waals surface area contributed by atoms with Crippen molar-refractivity contribution in [3.8, 4) is 0 Å². The summed E-state index contributed by atoms with van der Waals surface area (Å²) < 4.78 is 26.5. The third-order valence-electron chi connectivity index (χ3n) is 11.4. The number of aliphatic hydroxyl groups is 3. The van der Waals surface area contributed by atoms with E-state index in [9.17, 15) is 29.5 Å². The Morgan fingerprint density at radius 2 is 1.21 bits per heavy atom. The van der Waals surface area contributed by atoms with Gasteiger partial charge in [0, 0.05) is 25.2 Å². The van der Waals surface area contributed by atoms with Gasteiger partial charge in [-0.25, -0.2) is 4.57 Å². The molecule has 0 radical (unpaired) electrons. The van der Waals surface area contributed by atoms with E-state index in [2.05, 4.69) is 25.3 Å². The molecule has 0 aliphatic heterocycles. The maximum atomic E-state index is 12.5. The molecule has 0 bridgehead atoms. The van der Waals surface area contributed by atoms with Crippen LogP contribution >= 0.6 is 7.82 Å². The number of esters is 2. The van der Waals surface area contributed by atoms with Crippen LogP contribution in [0, 0.1) is 17.8 Å². The fourth-order valence-electron chi connectivity index (χ4n) is 7.62. The molecule has 1 aliphatic carbocycles. The Morgan fingerprint density at radius 3 is 1.77 bits per heavy atom. The minimum Gasteiger partial charge on any atom is -0.462 e. The maximum absolute atomic E-state index is 12.5. The fraction of sp³-hybridized carbons (Fsp3) is 0.909. The van der Waals surface area contributed by atoms with Crippen LogP contribution in [0.2, 0.25) is 0 Å². The zero-order chi connectivity index (χ0) is 41.4. The van der Waals surface area contributed by atoms with Gasteiger partial charge >= 0.3 is 19.8 Å². The van der Waals surface area contributed by atoms with Gasteiger partial charge in [0.25, 0.3) is 0 Å². The second-order valence-electron chi connectivity index (χ2n) is 16.6. The molecule has 1 fully saturated rings. The molecular formula is C44H83O11P. The van der Waals surface area contributed by atoms with Gasteiger partial charge in [-0.15, -0.1) is 0 Å². The average molecular weight is 819 g/mol. The molecule has 5 N–H and O–H groups in total.